The van der Waals surface area contributed by atoms with Gasteiger partial charge in [-0.25, -0.2) is 19.6 Å². The second kappa shape index (κ2) is 15.9. The van der Waals surface area contributed by atoms with Crippen LogP contribution in [0.4, 0.5) is 9.59 Å². The molecule has 17 heteroatoms. The monoisotopic (exact) mass is 881 g/mol. The number of carbonyl (C=O) groups is 3. The number of likely N-dealkylation sites (N-methyl/N-ethyl adjacent to an activating group) is 1. The van der Waals surface area contributed by atoms with Gasteiger partial charge in [0.05, 0.1) is 42.1 Å². The van der Waals surface area contributed by atoms with Crippen molar-refractivity contribution in [3.8, 4) is 43.8 Å². The SMILES string of the molecule is COC(=O)NC(C(=O)N1CCCC1c1nc(-c2cc3sc(-c4ccc(-c5c[nH]c([C@@H]6CN(C(=O)N7Cc8cc9c(cc8C7)OCO9)CN6C)n5)cc4)cc3s2)c[nH]1)c1ccccc1. The van der Waals surface area contributed by atoms with Gasteiger partial charge in [-0.15, -0.1) is 22.7 Å². The van der Waals surface area contributed by atoms with Crippen molar-refractivity contribution >= 4 is 50.1 Å². The van der Waals surface area contributed by atoms with Crippen molar-refractivity contribution in [2.24, 2.45) is 0 Å². The fourth-order valence-corrected chi connectivity index (χ4v) is 11.5. The third-order valence-electron chi connectivity index (χ3n) is 12.4. The Bertz CT molecular complexity index is 2810. The van der Waals surface area contributed by atoms with Crippen LogP contribution >= 0.6 is 22.7 Å². The van der Waals surface area contributed by atoms with Crippen LogP contribution in [0.3, 0.4) is 0 Å². The molecule has 4 aliphatic heterocycles. The van der Waals surface area contributed by atoms with Gasteiger partial charge < -0.3 is 44.2 Å². The standard InChI is InChI=1S/C46H43N9O6S2/c1-52-24-54(46(58)53-21-29-15-35-36(61-25-60-35)16-30(29)22-53)23-34(52)43-47-19-31(49-43)26-10-12-27(13-11-26)37-17-39-40(62-37)18-38(63-39)32-20-48-42(50-32)33-9-6-14-55(33)44(56)41(51-45(57)59-2)28-7-4-3-5-8-28/h3-5,7-8,10-13,15-20,33-34,41H,6,9,14,21-25H2,1-2H3,(H,47,49)(H,48,50)(H,51,57)/t33?,34-,41?/m0/s1. The summed E-state index contributed by atoms with van der Waals surface area (Å²) < 4.78 is 18.3. The summed E-state index contributed by atoms with van der Waals surface area (Å²) in [5.74, 6) is 2.85. The first kappa shape index (κ1) is 39.2. The van der Waals surface area contributed by atoms with Crippen molar-refractivity contribution in [1.82, 2.24) is 44.9 Å². The molecule has 15 nitrogen and oxygen atoms in total. The average molecular weight is 882 g/mol. The molecule has 7 aromatic rings. The summed E-state index contributed by atoms with van der Waals surface area (Å²) in [6, 6.07) is 25.0. The van der Waals surface area contributed by atoms with Gasteiger partial charge in [0.25, 0.3) is 5.91 Å². The van der Waals surface area contributed by atoms with Crippen LogP contribution in [-0.4, -0.2) is 98.3 Å². The number of imidazole rings is 2. The zero-order valence-corrected chi connectivity index (χ0v) is 36.1. The minimum atomic E-state index is -0.869. The van der Waals surface area contributed by atoms with E-state index in [1.165, 1.54) is 21.4 Å². The highest BCUT2D eigenvalue weighted by Crippen LogP contribution is 2.43. The highest BCUT2D eigenvalue weighted by atomic mass is 32.1. The van der Waals surface area contributed by atoms with E-state index < -0.39 is 12.1 Å². The summed E-state index contributed by atoms with van der Waals surface area (Å²) in [5, 5.41) is 2.73. The fraction of sp³-hybridized carbons (Fsp3) is 0.283. The van der Waals surface area contributed by atoms with Crippen molar-refractivity contribution in [3.63, 3.8) is 0 Å². The van der Waals surface area contributed by atoms with Crippen molar-refractivity contribution in [3.05, 3.63) is 120 Å². The van der Waals surface area contributed by atoms with Gasteiger partial charge >= 0.3 is 12.1 Å². The molecule has 0 saturated carbocycles. The van der Waals surface area contributed by atoms with E-state index in [-0.39, 0.29) is 30.8 Å². The summed E-state index contributed by atoms with van der Waals surface area (Å²) in [6.45, 7) is 2.97. The van der Waals surface area contributed by atoms with Crippen LogP contribution in [0.1, 0.15) is 59.3 Å². The maximum atomic E-state index is 13.9. The molecule has 2 unspecified atom stereocenters. The van der Waals surface area contributed by atoms with Gasteiger partial charge in [-0.1, -0.05) is 54.6 Å². The van der Waals surface area contributed by atoms with Crippen LogP contribution in [0, 0.1) is 0 Å². The van der Waals surface area contributed by atoms with E-state index in [0.29, 0.717) is 38.4 Å². The highest BCUT2D eigenvalue weighted by molar-refractivity contribution is 7.31. The van der Waals surface area contributed by atoms with Gasteiger partial charge in [0.15, 0.2) is 11.5 Å². The van der Waals surface area contributed by atoms with Crippen molar-refractivity contribution in [1.29, 1.82) is 0 Å². The molecule has 3 aromatic carbocycles. The van der Waals surface area contributed by atoms with Crippen molar-refractivity contribution < 1.29 is 28.6 Å². The van der Waals surface area contributed by atoms with E-state index in [0.717, 1.165) is 74.5 Å². The van der Waals surface area contributed by atoms with Crippen molar-refractivity contribution in [2.75, 3.05) is 40.7 Å². The van der Waals surface area contributed by atoms with Crippen LogP contribution in [0.5, 0.6) is 11.5 Å². The molecule has 8 heterocycles. The molecule has 0 spiro atoms. The number of alkyl carbamates (subject to hydrolysis) is 1. The van der Waals surface area contributed by atoms with Crippen molar-refractivity contribution in [2.45, 2.75) is 44.1 Å². The lowest BCUT2D eigenvalue weighted by atomic mass is 10.1. The number of aromatic amines is 2. The lowest BCUT2D eigenvalue weighted by Gasteiger charge is -2.28. The van der Waals surface area contributed by atoms with Crippen LogP contribution in [0.15, 0.2) is 91.3 Å². The number of methoxy groups -OCH3 is 1. The minimum absolute atomic E-state index is 0.0107. The molecule has 320 valence electrons. The summed E-state index contributed by atoms with van der Waals surface area (Å²) >= 11 is 3.44. The number of aromatic nitrogens is 4. The lowest BCUT2D eigenvalue weighted by Crippen LogP contribution is -2.42. The largest absolute Gasteiger partial charge is 0.454 e. The molecule has 63 heavy (non-hydrogen) atoms. The number of benzene rings is 3. The average Bonchev–Trinajstić information content (AvgIpc) is 4.15. The number of urea groups is 1. The Hall–Kier alpha value is -6.69. The number of carbonyl (C=O) groups excluding carboxylic acids is 3. The summed E-state index contributed by atoms with van der Waals surface area (Å²) in [4.78, 5) is 66.5. The topological polar surface area (TPSA) is 161 Å². The van der Waals surface area contributed by atoms with Gasteiger partial charge in [-0.05, 0) is 66.4 Å². The first-order valence-electron chi connectivity index (χ1n) is 20.9. The summed E-state index contributed by atoms with van der Waals surface area (Å²) in [6.07, 6.45) is 4.80. The number of likely N-dealkylation sites (tertiary alicyclic amines) is 1. The normalized spacial score (nSPS) is 18.7. The van der Waals surface area contributed by atoms with Gasteiger partial charge in [0.1, 0.15) is 17.7 Å². The Morgan fingerprint density at radius 3 is 2.19 bits per heavy atom. The van der Waals surface area contributed by atoms with E-state index in [1.54, 1.807) is 22.7 Å². The first-order chi connectivity index (χ1) is 30.8. The van der Waals surface area contributed by atoms with Crippen LogP contribution in [-0.2, 0) is 22.6 Å². The van der Waals surface area contributed by atoms with E-state index >= 15 is 0 Å². The molecule has 2 saturated heterocycles. The van der Waals surface area contributed by atoms with Crippen LogP contribution in [0.2, 0.25) is 0 Å². The smallest absolute Gasteiger partial charge is 0.407 e. The van der Waals surface area contributed by atoms with E-state index in [4.69, 9.17) is 24.2 Å². The Morgan fingerprint density at radius 1 is 0.810 bits per heavy atom. The molecule has 0 aliphatic carbocycles. The van der Waals surface area contributed by atoms with Gasteiger partial charge in [-0.3, -0.25) is 9.69 Å². The highest BCUT2D eigenvalue weighted by Gasteiger charge is 2.39. The Balaban J connectivity index is 0.733. The Kier molecular flexibility index (Phi) is 9.88. The molecule has 11 rings (SSSR count). The number of hydrogen-bond donors (Lipinski definition) is 3. The quantitative estimate of drug-likeness (QED) is 0.136. The van der Waals surface area contributed by atoms with Gasteiger partial charge in [0, 0.05) is 58.4 Å². The lowest BCUT2D eigenvalue weighted by molar-refractivity contribution is -0.134. The van der Waals surface area contributed by atoms with Crippen LogP contribution in [0.25, 0.3) is 41.7 Å². The van der Waals surface area contributed by atoms with E-state index in [1.807, 2.05) is 76.6 Å². The number of hydrogen-bond acceptors (Lipinski definition) is 11. The number of rotatable bonds is 8. The second-order valence-corrected chi connectivity index (χ2v) is 18.5. The minimum Gasteiger partial charge on any atom is -0.454 e. The van der Waals surface area contributed by atoms with Gasteiger partial charge in [0.2, 0.25) is 6.79 Å². The number of fused-ring (bicyclic) bond motifs is 3. The van der Waals surface area contributed by atoms with Gasteiger partial charge in [-0.2, -0.15) is 0 Å². The number of H-pyrrole nitrogens is 2. The maximum Gasteiger partial charge on any atom is 0.407 e. The molecule has 0 bridgehead atoms. The molecule has 4 aliphatic rings. The Labute approximate surface area is 370 Å². The number of amides is 4. The molecule has 3 atom stereocenters. The molecule has 4 aromatic heterocycles. The third kappa shape index (κ3) is 7.24. The first-order valence-corrected chi connectivity index (χ1v) is 22.5. The zero-order valence-electron chi connectivity index (χ0n) is 34.5. The second-order valence-electron chi connectivity index (χ2n) is 16.3. The van der Waals surface area contributed by atoms with E-state index in [2.05, 4.69) is 56.6 Å². The molecule has 2 fully saturated rings. The zero-order chi connectivity index (χ0) is 42.8. The number of thiophene rings is 2. The Morgan fingerprint density at radius 2 is 1.46 bits per heavy atom. The maximum absolute atomic E-state index is 13.9. The molecule has 3 N–H and O–H groups in total. The molecule has 0 radical (unpaired) electrons. The molecular formula is C46H43N9O6S2. The van der Waals surface area contributed by atoms with Crippen LogP contribution < -0.4 is 14.8 Å². The predicted molar refractivity (Wildman–Crippen MR) is 238 cm³/mol. The number of nitrogens with one attached hydrogen (secondary N) is 3. The summed E-state index contributed by atoms with van der Waals surface area (Å²) in [5.41, 5.74) is 6.73. The number of nitrogens with zero attached hydrogens (tertiary/aromatic N) is 6. The summed E-state index contributed by atoms with van der Waals surface area (Å²) in [7, 11) is 3.32. The fourth-order valence-electron chi connectivity index (χ4n) is 9.12. The van der Waals surface area contributed by atoms with E-state index in [9.17, 15) is 14.4 Å². The third-order valence-corrected chi connectivity index (χ3v) is 14.8. The molecule has 4 amide bonds. The predicted octanol–water partition coefficient (Wildman–Crippen LogP) is 8.28. The number of ether oxygens (including phenoxy) is 3. The molecular weight excluding hydrogens is 839 g/mol.